The smallest absolute Gasteiger partial charge is 0.234 e. The summed E-state index contributed by atoms with van der Waals surface area (Å²) in [4.78, 5) is 11.9. The van der Waals surface area contributed by atoms with Gasteiger partial charge in [-0.15, -0.1) is 11.8 Å². The second-order valence-corrected chi connectivity index (χ2v) is 5.64. The van der Waals surface area contributed by atoms with Crippen molar-refractivity contribution in [3.8, 4) is 5.75 Å². The van der Waals surface area contributed by atoms with Crippen molar-refractivity contribution in [1.82, 2.24) is 0 Å². The van der Waals surface area contributed by atoms with Crippen molar-refractivity contribution in [3.05, 3.63) is 72.8 Å². The molecule has 0 atom stereocenters. The van der Waals surface area contributed by atoms with Crippen LogP contribution in [0.2, 0.25) is 0 Å². The summed E-state index contributed by atoms with van der Waals surface area (Å²) in [6.07, 6.45) is 1.69. The SMILES string of the molecule is C=CCOc1cccc(NC(=O)CSCc2ccccc2)c1. The first-order valence-corrected chi connectivity index (χ1v) is 8.18. The molecule has 4 heteroatoms. The minimum Gasteiger partial charge on any atom is -0.489 e. The number of amides is 1. The highest BCUT2D eigenvalue weighted by Gasteiger charge is 2.04. The molecule has 0 radical (unpaired) electrons. The molecule has 0 aliphatic heterocycles. The van der Waals surface area contributed by atoms with Gasteiger partial charge in [0.25, 0.3) is 0 Å². The number of anilines is 1. The van der Waals surface area contributed by atoms with Crippen molar-refractivity contribution in [1.29, 1.82) is 0 Å². The van der Waals surface area contributed by atoms with Gasteiger partial charge in [0.1, 0.15) is 12.4 Å². The summed E-state index contributed by atoms with van der Waals surface area (Å²) in [7, 11) is 0. The van der Waals surface area contributed by atoms with E-state index in [0.717, 1.165) is 17.2 Å². The van der Waals surface area contributed by atoms with Crippen molar-refractivity contribution in [2.24, 2.45) is 0 Å². The number of carbonyl (C=O) groups is 1. The fourth-order valence-electron chi connectivity index (χ4n) is 1.85. The van der Waals surface area contributed by atoms with Crippen LogP contribution in [-0.4, -0.2) is 18.3 Å². The van der Waals surface area contributed by atoms with E-state index in [4.69, 9.17) is 4.74 Å². The molecule has 0 unspecified atom stereocenters. The van der Waals surface area contributed by atoms with Crippen molar-refractivity contribution in [3.63, 3.8) is 0 Å². The van der Waals surface area contributed by atoms with Gasteiger partial charge in [0.15, 0.2) is 0 Å². The Labute approximate surface area is 135 Å². The summed E-state index contributed by atoms with van der Waals surface area (Å²) in [5, 5.41) is 2.88. The third kappa shape index (κ3) is 5.66. The quantitative estimate of drug-likeness (QED) is 0.745. The van der Waals surface area contributed by atoms with Crippen molar-refractivity contribution in [2.75, 3.05) is 17.7 Å². The Hall–Kier alpha value is -2.20. The summed E-state index contributed by atoms with van der Waals surface area (Å²) < 4.78 is 5.44. The van der Waals surface area contributed by atoms with Gasteiger partial charge in [-0.3, -0.25) is 4.79 Å². The van der Waals surface area contributed by atoms with Crippen LogP contribution in [0.4, 0.5) is 5.69 Å². The van der Waals surface area contributed by atoms with Crippen molar-refractivity contribution >= 4 is 23.4 Å². The van der Waals surface area contributed by atoms with Crippen LogP contribution in [-0.2, 0) is 10.5 Å². The average Bonchev–Trinajstić information content (AvgIpc) is 2.54. The summed E-state index contributed by atoms with van der Waals surface area (Å²) in [5.41, 5.74) is 1.96. The van der Waals surface area contributed by atoms with E-state index >= 15 is 0 Å². The van der Waals surface area contributed by atoms with Gasteiger partial charge >= 0.3 is 0 Å². The van der Waals surface area contributed by atoms with Crippen molar-refractivity contribution in [2.45, 2.75) is 5.75 Å². The maximum Gasteiger partial charge on any atom is 0.234 e. The van der Waals surface area contributed by atoms with Gasteiger partial charge in [-0.05, 0) is 17.7 Å². The summed E-state index contributed by atoms with van der Waals surface area (Å²) in [5.74, 6) is 1.96. The lowest BCUT2D eigenvalue weighted by Crippen LogP contribution is -2.14. The van der Waals surface area contributed by atoms with Gasteiger partial charge in [-0.25, -0.2) is 0 Å². The van der Waals surface area contributed by atoms with E-state index < -0.39 is 0 Å². The molecule has 0 bridgehead atoms. The normalized spacial score (nSPS) is 10.0. The molecular formula is C18H19NO2S. The lowest BCUT2D eigenvalue weighted by Gasteiger charge is -2.08. The molecule has 0 saturated carbocycles. The summed E-state index contributed by atoms with van der Waals surface area (Å²) >= 11 is 1.60. The van der Waals surface area contributed by atoms with E-state index in [1.165, 1.54) is 5.56 Å². The Morgan fingerprint density at radius 1 is 1.18 bits per heavy atom. The average molecular weight is 313 g/mol. The number of hydrogen-bond donors (Lipinski definition) is 1. The molecule has 22 heavy (non-hydrogen) atoms. The molecule has 0 heterocycles. The maximum atomic E-state index is 11.9. The molecule has 2 aromatic carbocycles. The van der Waals surface area contributed by atoms with Gasteiger partial charge in [-0.2, -0.15) is 0 Å². The number of nitrogens with one attached hydrogen (secondary N) is 1. The molecule has 2 aromatic rings. The van der Waals surface area contributed by atoms with Crippen LogP contribution in [0.15, 0.2) is 67.3 Å². The number of carbonyl (C=O) groups excluding carboxylic acids is 1. The molecule has 3 nitrogen and oxygen atoms in total. The number of hydrogen-bond acceptors (Lipinski definition) is 3. The Balaban J connectivity index is 1.78. The van der Waals surface area contributed by atoms with E-state index in [-0.39, 0.29) is 5.91 Å². The zero-order valence-electron chi connectivity index (χ0n) is 12.3. The second-order valence-electron chi connectivity index (χ2n) is 4.65. The van der Waals surface area contributed by atoms with Crippen LogP contribution in [0.3, 0.4) is 0 Å². The molecule has 114 valence electrons. The summed E-state index contributed by atoms with van der Waals surface area (Å²) in [6.45, 7) is 4.06. The minimum atomic E-state index is -0.0122. The lowest BCUT2D eigenvalue weighted by molar-refractivity contribution is -0.113. The van der Waals surface area contributed by atoms with E-state index in [9.17, 15) is 4.79 Å². The third-order valence-electron chi connectivity index (χ3n) is 2.83. The molecule has 2 rings (SSSR count). The second kappa shape index (κ2) is 8.95. The molecule has 0 aliphatic rings. The van der Waals surface area contributed by atoms with Gasteiger partial charge in [0.2, 0.25) is 5.91 Å². The van der Waals surface area contributed by atoms with Gasteiger partial charge in [0.05, 0.1) is 5.75 Å². The number of benzene rings is 2. The van der Waals surface area contributed by atoms with Crippen LogP contribution in [0, 0.1) is 0 Å². The highest BCUT2D eigenvalue weighted by atomic mass is 32.2. The Morgan fingerprint density at radius 2 is 2.00 bits per heavy atom. The van der Waals surface area contributed by atoms with E-state index in [0.29, 0.717) is 12.4 Å². The van der Waals surface area contributed by atoms with Gasteiger partial charge in [-0.1, -0.05) is 49.1 Å². The Bertz CT molecular complexity index is 613. The first-order chi connectivity index (χ1) is 10.8. The zero-order chi connectivity index (χ0) is 15.6. The van der Waals surface area contributed by atoms with Crippen molar-refractivity contribution < 1.29 is 9.53 Å². The number of ether oxygens (including phenoxy) is 1. The highest BCUT2D eigenvalue weighted by molar-refractivity contribution is 7.99. The first kappa shape index (κ1) is 16.2. The highest BCUT2D eigenvalue weighted by Crippen LogP contribution is 2.18. The Morgan fingerprint density at radius 3 is 2.77 bits per heavy atom. The fraction of sp³-hybridized carbons (Fsp3) is 0.167. The fourth-order valence-corrected chi connectivity index (χ4v) is 2.64. The number of rotatable bonds is 8. The molecule has 0 spiro atoms. The zero-order valence-corrected chi connectivity index (χ0v) is 13.1. The molecule has 0 aromatic heterocycles. The lowest BCUT2D eigenvalue weighted by atomic mass is 10.2. The predicted octanol–water partition coefficient (Wildman–Crippen LogP) is 4.12. The first-order valence-electron chi connectivity index (χ1n) is 7.03. The number of thioether (sulfide) groups is 1. The van der Waals surface area contributed by atoms with Crippen LogP contribution in [0.5, 0.6) is 5.75 Å². The van der Waals surface area contributed by atoms with Gasteiger partial charge in [0, 0.05) is 17.5 Å². The van der Waals surface area contributed by atoms with Crippen LogP contribution in [0.1, 0.15) is 5.56 Å². The molecular weight excluding hydrogens is 294 g/mol. The van der Waals surface area contributed by atoms with Crippen LogP contribution in [0.25, 0.3) is 0 Å². The summed E-state index contributed by atoms with van der Waals surface area (Å²) in [6, 6.07) is 17.5. The van der Waals surface area contributed by atoms with Gasteiger partial charge < -0.3 is 10.1 Å². The monoisotopic (exact) mass is 313 g/mol. The van der Waals surface area contributed by atoms with E-state index in [1.54, 1.807) is 17.8 Å². The standard InChI is InChI=1S/C18H19NO2S/c1-2-11-21-17-10-6-9-16(12-17)19-18(20)14-22-13-15-7-4-3-5-8-15/h2-10,12H,1,11,13-14H2,(H,19,20). The molecule has 1 N–H and O–H groups in total. The minimum absolute atomic E-state index is 0.0122. The molecule has 0 saturated heterocycles. The molecule has 1 amide bonds. The Kier molecular flexibility index (Phi) is 6.58. The van der Waals surface area contributed by atoms with E-state index in [1.807, 2.05) is 42.5 Å². The molecule has 0 aliphatic carbocycles. The third-order valence-corrected chi connectivity index (χ3v) is 3.83. The maximum absolute atomic E-state index is 11.9. The van der Waals surface area contributed by atoms with Crippen LogP contribution >= 0.6 is 11.8 Å². The van der Waals surface area contributed by atoms with E-state index in [2.05, 4.69) is 24.0 Å². The molecule has 0 fully saturated rings. The predicted molar refractivity (Wildman–Crippen MR) is 93.4 cm³/mol. The van der Waals surface area contributed by atoms with Crippen LogP contribution < -0.4 is 10.1 Å². The topological polar surface area (TPSA) is 38.3 Å². The largest absolute Gasteiger partial charge is 0.489 e.